The van der Waals surface area contributed by atoms with Crippen molar-refractivity contribution in [3.63, 3.8) is 0 Å². The van der Waals surface area contributed by atoms with E-state index in [0.717, 1.165) is 28.8 Å². The number of amides is 2. The molecule has 5 aromatic rings. The van der Waals surface area contributed by atoms with Crippen molar-refractivity contribution in [2.24, 2.45) is 0 Å². The number of para-hydroxylation sites is 1. The summed E-state index contributed by atoms with van der Waals surface area (Å²) < 4.78 is 0. The van der Waals surface area contributed by atoms with Crippen molar-refractivity contribution in [1.82, 2.24) is 4.98 Å². The maximum Gasteiger partial charge on any atom is 0.260 e. The smallest absolute Gasteiger partial charge is 0.260 e. The van der Waals surface area contributed by atoms with Gasteiger partial charge in [-0.25, -0.2) is 4.98 Å². The molecule has 6 heteroatoms. The van der Waals surface area contributed by atoms with Gasteiger partial charge in [-0.1, -0.05) is 66.7 Å². The monoisotopic (exact) mass is 501 g/mol. The Morgan fingerprint density at radius 2 is 1.59 bits per heavy atom. The molecule has 1 aliphatic rings. The van der Waals surface area contributed by atoms with Crippen LogP contribution in [-0.2, 0) is 13.0 Å². The summed E-state index contributed by atoms with van der Waals surface area (Å²) in [5.74, 6) is 0.0181. The van der Waals surface area contributed by atoms with Crippen molar-refractivity contribution in [3.8, 4) is 11.1 Å². The third-order valence-electron chi connectivity index (χ3n) is 6.55. The molecule has 2 aromatic heterocycles. The normalized spacial score (nSPS) is 12.3. The van der Waals surface area contributed by atoms with Crippen molar-refractivity contribution in [2.45, 2.75) is 13.0 Å². The second-order valence-corrected chi connectivity index (χ2v) is 9.86. The van der Waals surface area contributed by atoms with Crippen LogP contribution in [0.2, 0.25) is 0 Å². The van der Waals surface area contributed by atoms with Crippen LogP contribution in [0.15, 0.2) is 109 Å². The molecule has 1 N–H and O–H groups in total. The van der Waals surface area contributed by atoms with Gasteiger partial charge >= 0.3 is 0 Å². The minimum absolute atomic E-state index is 0.119. The molecular formula is C31H23N3O2S. The number of rotatable bonds is 4. The Labute approximate surface area is 219 Å². The summed E-state index contributed by atoms with van der Waals surface area (Å²) in [6, 6.07) is 30.8. The Balaban J connectivity index is 1.24. The van der Waals surface area contributed by atoms with Crippen molar-refractivity contribution < 1.29 is 9.59 Å². The topological polar surface area (TPSA) is 62.3 Å². The van der Waals surface area contributed by atoms with Gasteiger partial charge in [0.15, 0.2) is 0 Å². The number of benzene rings is 3. The Morgan fingerprint density at radius 3 is 2.43 bits per heavy atom. The number of nitrogens with one attached hydrogen (secondary N) is 1. The third-order valence-corrected chi connectivity index (χ3v) is 7.52. The number of fused-ring (bicyclic) bond motifs is 2. The Hall–Kier alpha value is -4.55. The van der Waals surface area contributed by atoms with Gasteiger partial charge in [-0.3, -0.25) is 9.59 Å². The van der Waals surface area contributed by atoms with E-state index in [-0.39, 0.29) is 11.8 Å². The van der Waals surface area contributed by atoms with Gasteiger partial charge in [-0.15, -0.1) is 11.3 Å². The van der Waals surface area contributed by atoms with Crippen LogP contribution in [0.3, 0.4) is 0 Å². The minimum atomic E-state index is -0.252. The molecule has 0 unspecified atom stereocenters. The van der Waals surface area contributed by atoms with E-state index in [9.17, 15) is 9.59 Å². The molecule has 0 fully saturated rings. The number of pyridine rings is 1. The van der Waals surface area contributed by atoms with Crippen molar-refractivity contribution >= 4 is 34.7 Å². The van der Waals surface area contributed by atoms with E-state index in [2.05, 4.69) is 27.8 Å². The maximum absolute atomic E-state index is 13.6. The maximum atomic E-state index is 13.6. The van der Waals surface area contributed by atoms with E-state index >= 15 is 0 Å². The molecule has 0 bridgehead atoms. The predicted octanol–water partition coefficient (Wildman–Crippen LogP) is 6.81. The zero-order chi connectivity index (χ0) is 25.2. The summed E-state index contributed by atoms with van der Waals surface area (Å²) in [7, 11) is 0. The largest absolute Gasteiger partial charge is 0.307 e. The van der Waals surface area contributed by atoms with Gasteiger partial charge in [-0.05, 0) is 58.0 Å². The predicted molar refractivity (Wildman–Crippen MR) is 148 cm³/mol. The van der Waals surface area contributed by atoms with Gasteiger partial charge in [0.05, 0.1) is 12.1 Å². The zero-order valence-corrected chi connectivity index (χ0v) is 20.7. The summed E-state index contributed by atoms with van der Waals surface area (Å²) >= 11 is 1.73. The van der Waals surface area contributed by atoms with Crippen LogP contribution in [0.25, 0.3) is 11.1 Å². The first kappa shape index (κ1) is 22.9. The number of aromatic nitrogens is 1. The second-order valence-electron chi connectivity index (χ2n) is 8.86. The van der Waals surface area contributed by atoms with Gasteiger partial charge in [0.2, 0.25) is 0 Å². The summed E-state index contributed by atoms with van der Waals surface area (Å²) in [4.78, 5) is 34.2. The minimum Gasteiger partial charge on any atom is -0.307 e. The fourth-order valence-corrected chi connectivity index (χ4v) is 5.60. The fourth-order valence-electron chi connectivity index (χ4n) is 4.68. The fraction of sp³-hybridized carbons (Fsp3) is 0.0645. The lowest BCUT2D eigenvalue weighted by Crippen LogP contribution is -2.30. The van der Waals surface area contributed by atoms with Crippen LogP contribution >= 0.6 is 11.3 Å². The molecule has 1 aliphatic heterocycles. The van der Waals surface area contributed by atoms with E-state index in [0.29, 0.717) is 23.5 Å². The first-order valence-electron chi connectivity index (χ1n) is 12.0. The molecule has 5 nitrogen and oxygen atoms in total. The number of hydrogen-bond acceptors (Lipinski definition) is 4. The first-order chi connectivity index (χ1) is 18.2. The average molecular weight is 502 g/mol. The molecule has 0 saturated carbocycles. The van der Waals surface area contributed by atoms with E-state index in [1.807, 2.05) is 71.6 Å². The SMILES string of the molecule is O=C(Nc1ccc(C(=O)N2Cc3ccsc3Cc3ccccc32)cn1)c1ccccc1-c1ccccc1. The van der Waals surface area contributed by atoms with Crippen LogP contribution in [0.5, 0.6) is 0 Å². The summed E-state index contributed by atoms with van der Waals surface area (Å²) in [5, 5.41) is 4.96. The quantitative estimate of drug-likeness (QED) is 0.294. The molecule has 0 radical (unpaired) electrons. The number of carbonyl (C=O) groups is 2. The van der Waals surface area contributed by atoms with Gasteiger partial charge in [0.25, 0.3) is 11.8 Å². The molecule has 0 aliphatic carbocycles. The van der Waals surface area contributed by atoms with Crippen LogP contribution < -0.4 is 10.2 Å². The third kappa shape index (κ3) is 4.55. The molecule has 180 valence electrons. The summed E-state index contributed by atoms with van der Waals surface area (Å²) in [5.41, 5.74) is 6.06. The van der Waals surface area contributed by atoms with Crippen LogP contribution in [-0.4, -0.2) is 16.8 Å². The van der Waals surface area contributed by atoms with Crippen molar-refractivity contribution in [1.29, 1.82) is 0 Å². The van der Waals surface area contributed by atoms with Gasteiger partial charge in [0, 0.05) is 28.7 Å². The standard InChI is InChI=1S/C31H23N3O2S/c35-30(26-12-6-5-11-25(26)21-8-2-1-3-9-21)33-29-15-14-23(19-32-29)31(36)34-20-24-16-17-37-28(24)18-22-10-4-7-13-27(22)34/h1-17,19H,18,20H2,(H,32,33,35). The lowest BCUT2D eigenvalue weighted by molar-refractivity contribution is 0.0984. The molecule has 0 spiro atoms. The zero-order valence-electron chi connectivity index (χ0n) is 19.9. The lowest BCUT2D eigenvalue weighted by Gasteiger charge is -2.23. The van der Waals surface area contributed by atoms with Crippen LogP contribution in [0.4, 0.5) is 11.5 Å². The van der Waals surface area contributed by atoms with Gasteiger partial charge in [-0.2, -0.15) is 0 Å². The van der Waals surface area contributed by atoms with E-state index in [4.69, 9.17) is 0 Å². The Morgan fingerprint density at radius 1 is 0.811 bits per heavy atom. The number of anilines is 2. The van der Waals surface area contributed by atoms with Crippen LogP contribution in [0.1, 0.15) is 36.7 Å². The van der Waals surface area contributed by atoms with E-state index in [1.165, 1.54) is 16.6 Å². The molecule has 3 heterocycles. The molecule has 37 heavy (non-hydrogen) atoms. The Bertz CT molecular complexity index is 1590. The first-order valence-corrected chi connectivity index (χ1v) is 12.9. The van der Waals surface area contributed by atoms with Gasteiger partial charge in [0.1, 0.15) is 5.82 Å². The summed E-state index contributed by atoms with van der Waals surface area (Å²) in [6.45, 7) is 0.517. The number of thiophene rings is 1. The average Bonchev–Trinajstić information content (AvgIpc) is 3.32. The highest BCUT2D eigenvalue weighted by Gasteiger charge is 2.25. The van der Waals surface area contributed by atoms with Crippen molar-refractivity contribution in [3.05, 3.63) is 136 Å². The van der Waals surface area contributed by atoms with E-state index in [1.54, 1.807) is 29.5 Å². The van der Waals surface area contributed by atoms with Crippen molar-refractivity contribution in [2.75, 3.05) is 10.2 Å². The summed E-state index contributed by atoms with van der Waals surface area (Å²) in [6.07, 6.45) is 2.35. The number of carbonyl (C=O) groups excluding carboxylic acids is 2. The number of hydrogen-bond donors (Lipinski definition) is 1. The van der Waals surface area contributed by atoms with E-state index < -0.39 is 0 Å². The molecule has 0 atom stereocenters. The lowest BCUT2D eigenvalue weighted by atomic mass is 9.99. The molecule has 6 rings (SSSR count). The highest BCUT2D eigenvalue weighted by atomic mass is 32.1. The number of nitrogens with zero attached hydrogens (tertiary/aromatic N) is 2. The molecule has 0 saturated heterocycles. The highest BCUT2D eigenvalue weighted by molar-refractivity contribution is 7.10. The highest BCUT2D eigenvalue weighted by Crippen LogP contribution is 2.34. The van der Waals surface area contributed by atoms with Crippen LogP contribution in [0, 0.1) is 0 Å². The Kier molecular flexibility index (Phi) is 6.08. The molecule has 3 aromatic carbocycles. The second kappa shape index (κ2) is 9.84. The molecular weight excluding hydrogens is 478 g/mol. The molecule has 2 amide bonds. The van der Waals surface area contributed by atoms with Gasteiger partial charge < -0.3 is 10.2 Å².